The van der Waals surface area contributed by atoms with E-state index in [1.54, 1.807) is 6.33 Å². The first-order valence-corrected chi connectivity index (χ1v) is 7.16. The van der Waals surface area contributed by atoms with Gasteiger partial charge in [0.15, 0.2) is 0 Å². The zero-order chi connectivity index (χ0) is 12.1. The zero-order valence-corrected chi connectivity index (χ0v) is 11.2. The zero-order valence-electron chi connectivity index (χ0n) is 10.4. The van der Waals surface area contributed by atoms with Crippen molar-refractivity contribution < 1.29 is 4.74 Å². The Morgan fingerprint density at radius 2 is 2.41 bits per heavy atom. The second-order valence-corrected chi connectivity index (χ2v) is 5.51. The van der Waals surface area contributed by atoms with Crippen molar-refractivity contribution in [3.05, 3.63) is 11.9 Å². The van der Waals surface area contributed by atoms with Gasteiger partial charge in [0.1, 0.15) is 12.1 Å². The molecule has 0 spiro atoms. The summed E-state index contributed by atoms with van der Waals surface area (Å²) in [7, 11) is 0. The molecule has 1 N–H and O–H groups in total. The van der Waals surface area contributed by atoms with Crippen LogP contribution in [0.25, 0.3) is 0 Å². The molecule has 0 saturated carbocycles. The summed E-state index contributed by atoms with van der Waals surface area (Å²) in [6.07, 6.45) is 4.20. The summed E-state index contributed by atoms with van der Waals surface area (Å²) in [6.45, 7) is 5.57. The number of anilines is 1. The number of aromatic nitrogens is 2. The first kappa shape index (κ1) is 12.5. The van der Waals surface area contributed by atoms with Gasteiger partial charge in [-0.25, -0.2) is 9.97 Å². The van der Waals surface area contributed by atoms with E-state index in [1.165, 1.54) is 18.6 Å². The van der Waals surface area contributed by atoms with Gasteiger partial charge in [-0.1, -0.05) is 0 Å². The van der Waals surface area contributed by atoms with E-state index in [9.17, 15) is 0 Å². The average Bonchev–Trinajstić information content (AvgIpc) is 2.83. The van der Waals surface area contributed by atoms with Crippen LogP contribution in [0.3, 0.4) is 0 Å². The van der Waals surface area contributed by atoms with Crippen molar-refractivity contribution in [2.24, 2.45) is 0 Å². The first-order valence-electron chi connectivity index (χ1n) is 6.11. The molecule has 0 bridgehead atoms. The highest BCUT2D eigenvalue weighted by atomic mass is 32.2. The molecule has 0 amide bonds. The molecule has 2 rings (SSSR count). The maximum absolute atomic E-state index is 5.45. The van der Waals surface area contributed by atoms with Crippen LogP contribution in [0.1, 0.15) is 25.3 Å². The maximum Gasteiger partial charge on any atom is 0.221 e. The molecule has 0 radical (unpaired) electrons. The molecule has 94 valence electrons. The standard InChI is InChI=1S/C12H19N3OS/c1-3-16-12-9(2)11(14-8-15-12)13-7-10-5-4-6-17-10/h8,10H,3-7H2,1-2H3,(H,13,14,15). The van der Waals surface area contributed by atoms with Gasteiger partial charge >= 0.3 is 0 Å². The Balaban J connectivity index is 1.97. The van der Waals surface area contributed by atoms with E-state index < -0.39 is 0 Å². The lowest BCUT2D eigenvalue weighted by molar-refractivity contribution is 0.324. The Hall–Kier alpha value is -0.970. The summed E-state index contributed by atoms with van der Waals surface area (Å²) < 4.78 is 5.45. The molecule has 0 aliphatic carbocycles. The summed E-state index contributed by atoms with van der Waals surface area (Å²) in [5.41, 5.74) is 0.998. The molecule has 17 heavy (non-hydrogen) atoms. The lowest BCUT2D eigenvalue weighted by Gasteiger charge is -2.13. The Labute approximate surface area is 107 Å². The largest absolute Gasteiger partial charge is 0.478 e. The molecule has 1 fully saturated rings. The quantitative estimate of drug-likeness (QED) is 0.873. The Kier molecular flexibility index (Phi) is 4.48. The number of hydrogen-bond donors (Lipinski definition) is 1. The summed E-state index contributed by atoms with van der Waals surface area (Å²) in [5, 5.41) is 4.12. The second-order valence-electron chi connectivity index (χ2n) is 4.10. The summed E-state index contributed by atoms with van der Waals surface area (Å²) in [5.74, 6) is 2.87. The molecule has 4 nitrogen and oxygen atoms in total. The van der Waals surface area contributed by atoms with Crippen molar-refractivity contribution in [1.82, 2.24) is 9.97 Å². The van der Waals surface area contributed by atoms with Crippen molar-refractivity contribution in [2.75, 3.05) is 24.2 Å². The topological polar surface area (TPSA) is 47.0 Å². The number of nitrogens with zero attached hydrogens (tertiary/aromatic N) is 2. The third-order valence-electron chi connectivity index (χ3n) is 2.84. The van der Waals surface area contributed by atoms with Crippen LogP contribution in [0.5, 0.6) is 5.88 Å². The fraction of sp³-hybridized carbons (Fsp3) is 0.667. The van der Waals surface area contributed by atoms with Crippen LogP contribution < -0.4 is 10.1 Å². The number of ether oxygens (including phenoxy) is 1. The SMILES string of the molecule is CCOc1ncnc(NCC2CCCS2)c1C. The van der Waals surface area contributed by atoms with Gasteiger partial charge in [0.05, 0.1) is 12.2 Å². The maximum atomic E-state index is 5.45. The van der Waals surface area contributed by atoms with Crippen molar-refractivity contribution in [3.63, 3.8) is 0 Å². The number of thioether (sulfide) groups is 1. The van der Waals surface area contributed by atoms with Gasteiger partial charge < -0.3 is 10.1 Å². The number of nitrogens with one attached hydrogen (secondary N) is 1. The van der Waals surface area contributed by atoms with E-state index in [1.807, 2.05) is 25.6 Å². The average molecular weight is 253 g/mol. The molecule has 1 aliphatic heterocycles. The molecular formula is C12H19N3OS. The number of rotatable bonds is 5. The third kappa shape index (κ3) is 3.25. The fourth-order valence-electron chi connectivity index (χ4n) is 1.91. The normalized spacial score (nSPS) is 19.3. The Bertz CT molecular complexity index is 367. The lowest BCUT2D eigenvalue weighted by Crippen LogP contribution is -2.15. The first-order chi connectivity index (χ1) is 8.31. The predicted molar refractivity (Wildman–Crippen MR) is 71.9 cm³/mol. The van der Waals surface area contributed by atoms with Crippen molar-refractivity contribution in [3.8, 4) is 5.88 Å². The molecular weight excluding hydrogens is 234 g/mol. The minimum absolute atomic E-state index is 0.635. The monoisotopic (exact) mass is 253 g/mol. The van der Waals surface area contributed by atoms with Crippen LogP contribution in [-0.2, 0) is 0 Å². The molecule has 1 aromatic rings. The van der Waals surface area contributed by atoms with E-state index in [0.29, 0.717) is 12.5 Å². The van der Waals surface area contributed by atoms with E-state index in [0.717, 1.165) is 23.2 Å². The van der Waals surface area contributed by atoms with Gasteiger partial charge in [-0.3, -0.25) is 0 Å². The predicted octanol–water partition coefficient (Wildman–Crippen LogP) is 2.49. The minimum Gasteiger partial charge on any atom is -0.478 e. The van der Waals surface area contributed by atoms with Crippen LogP contribution in [0.2, 0.25) is 0 Å². The highest BCUT2D eigenvalue weighted by Gasteiger charge is 2.16. The highest BCUT2D eigenvalue weighted by molar-refractivity contribution is 8.00. The number of hydrogen-bond acceptors (Lipinski definition) is 5. The van der Waals surface area contributed by atoms with Gasteiger partial charge in [-0.05, 0) is 32.4 Å². The van der Waals surface area contributed by atoms with Crippen LogP contribution in [0, 0.1) is 6.92 Å². The molecule has 1 aromatic heterocycles. The Morgan fingerprint density at radius 3 is 3.12 bits per heavy atom. The van der Waals surface area contributed by atoms with Gasteiger partial charge in [-0.15, -0.1) is 0 Å². The van der Waals surface area contributed by atoms with Gasteiger partial charge in [0.25, 0.3) is 0 Å². The van der Waals surface area contributed by atoms with Crippen LogP contribution >= 0.6 is 11.8 Å². The molecule has 1 unspecified atom stereocenters. The van der Waals surface area contributed by atoms with E-state index in [-0.39, 0.29) is 0 Å². The van der Waals surface area contributed by atoms with Crippen LogP contribution in [-0.4, -0.2) is 34.1 Å². The van der Waals surface area contributed by atoms with Crippen molar-refractivity contribution in [2.45, 2.75) is 31.9 Å². The Morgan fingerprint density at radius 1 is 1.53 bits per heavy atom. The van der Waals surface area contributed by atoms with Gasteiger partial charge in [-0.2, -0.15) is 11.8 Å². The van der Waals surface area contributed by atoms with Crippen LogP contribution in [0.4, 0.5) is 5.82 Å². The van der Waals surface area contributed by atoms with Gasteiger partial charge in [0.2, 0.25) is 5.88 Å². The second kappa shape index (κ2) is 6.10. The highest BCUT2D eigenvalue weighted by Crippen LogP contribution is 2.27. The smallest absolute Gasteiger partial charge is 0.221 e. The molecule has 1 atom stereocenters. The molecule has 1 saturated heterocycles. The summed E-state index contributed by atoms with van der Waals surface area (Å²) >= 11 is 2.04. The van der Waals surface area contributed by atoms with E-state index in [4.69, 9.17) is 4.74 Å². The minimum atomic E-state index is 0.635. The third-order valence-corrected chi connectivity index (χ3v) is 4.24. The van der Waals surface area contributed by atoms with Crippen molar-refractivity contribution in [1.29, 1.82) is 0 Å². The molecule has 2 heterocycles. The van der Waals surface area contributed by atoms with Crippen molar-refractivity contribution >= 4 is 17.6 Å². The van der Waals surface area contributed by atoms with E-state index in [2.05, 4.69) is 15.3 Å². The van der Waals surface area contributed by atoms with Crippen LogP contribution in [0.15, 0.2) is 6.33 Å². The molecule has 0 aromatic carbocycles. The van der Waals surface area contributed by atoms with Gasteiger partial charge in [0, 0.05) is 11.8 Å². The molecule has 5 heteroatoms. The summed E-state index contributed by atoms with van der Waals surface area (Å²) in [6, 6.07) is 0. The van der Waals surface area contributed by atoms with E-state index >= 15 is 0 Å². The lowest BCUT2D eigenvalue weighted by atomic mass is 10.2. The summed E-state index contributed by atoms with van der Waals surface area (Å²) in [4.78, 5) is 8.40. The molecule has 1 aliphatic rings. The fourth-order valence-corrected chi connectivity index (χ4v) is 3.11.